The van der Waals surface area contributed by atoms with Crippen LogP contribution in [0.3, 0.4) is 0 Å². The number of halogens is 1. The topological polar surface area (TPSA) is 231 Å². The lowest BCUT2D eigenvalue weighted by atomic mass is 10.1. The Balaban J connectivity index is 2.65. The highest BCUT2D eigenvalue weighted by Gasteiger charge is 2.48. The molecule has 1 saturated heterocycles. The molecule has 0 aliphatic carbocycles. The lowest BCUT2D eigenvalue weighted by Gasteiger charge is -2.22. The average Bonchev–Trinajstić information content (AvgIpc) is 2.68. The molecule has 0 aromatic carbocycles. The minimum Gasteiger partial charge on any atom is -0.384 e. The van der Waals surface area contributed by atoms with Crippen molar-refractivity contribution < 1.29 is 55.5 Å². The summed E-state index contributed by atoms with van der Waals surface area (Å²) in [5, 5.41) is 9.60. The average molecular weight is 457 g/mol. The lowest BCUT2D eigenvalue weighted by Crippen LogP contribution is -2.33. The number of nitrogens with one attached hydrogen (secondary N) is 2. The second-order valence-electron chi connectivity index (χ2n) is 5.42. The zero-order valence-electron chi connectivity index (χ0n) is 13.7. The number of hydrogen-bond donors (Lipinski definition) is 7. The van der Waals surface area contributed by atoms with E-state index in [1.165, 1.54) is 12.3 Å². The van der Waals surface area contributed by atoms with E-state index in [1.807, 2.05) is 0 Å². The lowest BCUT2D eigenvalue weighted by molar-refractivity contribution is -0.161. The molecule has 18 heteroatoms. The van der Waals surface area contributed by atoms with Crippen molar-refractivity contribution in [1.82, 2.24) is 5.32 Å². The summed E-state index contributed by atoms with van der Waals surface area (Å²) in [6, 6.07) is 0. The first kappa shape index (κ1) is 24.3. The molecule has 8 N–H and O–H groups in total. The Morgan fingerprint density at radius 1 is 1.33 bits per heavy atom. The van der Waals surface area contributed by atoms with Crippen LogP contribution in [-0.4, -0.2) is 44.1 Å². The maximum atomic E-state index is 14.6. The summed E-state index contributed by atoms with van der Waals surface area (Å²) in [7, 11) is -16.7. The van der Waals surface area contributed by atoms with Gasteiger partial charge in [-0.3, -0.25) is 9.93 Å². The number of nitrogens with two attached hydrogens (primary N) is 1. The third-order valence-corrected chi connectivity index (χ3v) is 6.65. The zero-order chi connectivity index (χ0) is 21.1. The van der Waals surface area contributed by atoms with Crippen molar-refractivity contribution in [3.8, 4) is 0 Å². The van der Waals surface area contributed by atoms with Gasteiger partial charge in [-0.15, -0.1) is 0 Å². The van der Waals surface area contributed by atoms with E-state index in [9.17, 15) is 23.0 Å². The number of phosphoric ester groups is 1. The summed E-state index contributed by atoms with van der Waals surface area (Å²) in [5.74, 6) is -3.32. The number of amidine groups is 1. The van der Waals surface area contributed by atoms with Crippen molar-refractivity contribution in [2.75, 3.05) is 6.61 Å². The van der Waals surface area contributed by atoms with Crippen LogP contribution in [0.4, 0.5) is 4.39 Å². The summed E-state index contributed by atoms with van der Waals surface area (Å²) in [6.45, 7) is 0.362. The van der Waals surface area contributed by atoms with E-state index in [1.54, 1.807) is 6.92 Å². The zero-order valence-corrected chi connectivity index (χ0v) is 16.4. The fraction of sp³-hybridized carbons (Fsp3) is 0.667. The quantitative estimate of drug-likeness (QED) is 0.134. The molecule has 1 heterocycles. The number of ether oxygens (including phenoxy) is 1. The second-order valence-corrected chi connectivity index (χ2v) is 9.84. The molecule has 0 saturated carbocycles. The van der Waals surface area contributed by atoms with Crippen LogP contribution in [0.15, 0.2) is 12.3 Å². The van der Waals surface area contributed by atoms with E-state index in [0.29, 0.717) is 0 Å². The molecule has 1 aliphatic heterocycles. The first-order valence-corrected chi connectivity index (χ1v) is 11.5. The number of hydrogen-bond acceptors (Lipinski definition) is 9. The molecule has 4 unspecified atom stereocenters. The van der Waals surface area contributed by atoms with E-state index >= 15 is 0 Å². The van der Waals surface area contributed by atoms with Crippen LogP contribution in [0, 0.1) is 11.3 Å². The van der Waals surface area contributed by atoms with Crippen molar-refractivity contribution in [3.63, 3.8) is 0 Å². The molecule has 1 fully saturated rings. The predicted octanol–water partition coefficient (Wildman–Crippen LogP) is 0.417. The van der Waals surface area contributed by atoms with Gasteiger partial charge in [-0.1, -0.05) is 6.92 Å². The van der Waals surface area contributed by atoms with Crippen molar-refractivity contribution in [2.24, 2.45) is 11.7 Å². The molecular weight excluding hydrogens is 438 g/mol. The Morgan fingerprint density at radius 3 is 2.44 bits per heavy atom. The summed E-state index contributed by atoms with van der Waals surface area (Å²) in [4.78, 5) is 35.1. The van der Waals surface area contributed by atoms with Crippen molar-refractivity contribution in [3.05, 3.63) is 12.3 Å². The van der Waals surface area contributed by atoms with Crippen molar-refractivity contribution >= 4 is 29.3 Å². The molecular formula is C9H19FN3O11P3. The minimum atomic E-state index is -5.69. The highest BCUT2D eigenvalue weighted by atomic mass is 31.3. The van der Waals surface area contributed by atoms with Crippen LogP contribution < -0.4 is 11.1 Å². The molecule has 0 amide bonds. The van der Waals surface area contributed by atoms with Gasteiger partial charge in [-0.25, -0.2) is 18.1 Å². The molecule has 27 heavy (non-hydrogen) atoms. The van der Waals surface area contributed by atoms with Gasteiger partial charge < -0.3 is 35.4 Å². The Bertz CT molecular complexity index is 729. The van der Waals surface area contributed by atoms with Crippen molar-refractivity contribution in [1.29, 1.82) is 5.41 Å². The molecule has 0 bridgehead atoms. The van der Waals surface area contributed by atoms with Gasteiger partial charge in [0.1, 0.15) is 18.7 Å². The first-order valence-electron chi connectivity index (χ1n) is 6.94. The Kier molecular flexibility index (Phi) is 7.90. The van der Waals surface area contributed by atoms with Gasteiger partial charge >= 0.3 is 23.5 Å². The number of phosphoric acid groups is 3. The van der Waals surface area contributed by atoms with Crippen LogP contribution >= 0.6 is 23.5 Å². The standard InChI is InChI=1S/C9H19FN3O11P3/c1-6-4-9(10,22-8(6)13-3-2-7(11)12)5-21-26(17,18)24-27(19,20)23-25(14,15)16/h2-3,6,8,13H,4-5H2,1H3,(H3,11,12)(H,17,18)(H,19,20)(H2,14,15,16)/b3-2-/t6?,8?,9-/m0/s1. The Labute approximate surface area is 152 Å². The van der Waals surface area contributed by atoms with Crippen LogP contribution in [0.1, 0.15) is 13.3 Å². The largest absolute Gasteiger partial charge is 0.490 e. The van der Waals surface area contributed by atoms with Gasteiger partial charge in [0.25, 0.3) is 0 Å². The van der Waals surface area contributed by atoms with E-state index in [0.717, 1.165) is 0 Å². The highest BCUT2D eigenvalue weighted by molar-refractivity contribution is 7.66. The van der Waals surface area contributed by atoms with Gasteiger partial charge in [0.05, 0.1) is 0 Å². The molecule has 14 nitrogen and oxygen atoms in total. The summed E-state index contributed by atoms with van der Waals surface area (Å²) in [5.41, 5.74) is 5.10. The molecule has 1 aliphatic rings. The Hall–Kier alpha value is -0.690. The van der Waals surface area contributed by atoms with E-state index < -0.39 is 48.1 Å². The molecule has 0 spiro atoms. The second kappa shape index (κ2) is 8.76. The summed E-state index contributed by atoms with van der Waals surface area (Å²) >= 11 is 0. The van der Waals surface area contributed by atoms with E-state index in [4.69, 9.17) is 30.6 Å². The van der Waals surface area contributed by atoms with Crippen LogP contribution in [0.2, 0.25) is 0 Å². The third-order valence-electron chi connectivity index (χ3n) is 2.86. The van der Waals surface area contributed by atoms with Gasteiger partial charge in [-0.05, 0) is 6.08 Å². The van der Waals surface area contributed by atoms with Crippen LogP contribution in [-0.2, 0) is 31.6 Å². The molecule has 0 aromatic rings. The molecule has 0 aromatic heterocycles. The maximum Gasteiger partial charge on any atom is 0.490 e. The summed E-state index contributed by atoms with van der Waals surface area (Å²) in [6.07, 6.45) is 1.18. The van der Waals surface area contributed by atoms with Crippen LogP contribution in [0.25, 0.3) is 0 Å². The smallest absolute Gasteiger partial charge is 0.384 e. The fourth-order valence-corrected chi connectivity index (χ4v) is 5.04. The predicted molar refractivity (Wildman–Crippen MR) is 86.5 cm³/mol. The number of rotatable bonds is 10. The van der Waals surface area contributed by atoms with Gasteiger partial charge in [-0.2, -0.15) is 8.62 Å². The van der Waals surface area contributed by atoms with E-state index in [2.05, 4.69) is 18.5 Å². The van der Waals surface area contributed by atoms with Crippen molar-refractivity contribution in [2.45, 2.75) is 25.4 Å². The monoisotopic (exact) mass is 457 g/mol. The molecule has 158 valence electrons. The normalized spacial score (nSPS) is 30.7. The molecule has 0 radical (unpaired) electrons. The summed E-state index contributed by atoms with van der Waals surface area (Å²) < 4.78 is 64.1. The van der Waals surface area contributed by atoms with Gasteiger partial charge in [0.15, 0.2) is 0 Å². The van der Waals surface area contributed by atoms with Gasteiger partial charge in [0, 0.05) is 18.5 Å². The Morgan fingerprint density at radius 2 is 1.93 bits per heavy atom. The third kappa shape index (κ3) is 9.37. The highest BCUT2D eigenvalue weighted by Crippen LogP contribution is 2.66. The van der Waals surface area contributed by atoms with E-state index in [-0.39, 0.29) is 12.3 Å². The van der Waals surface area contributed by atoms with Gasteiger partial charge in [0.2, 0.25) is 5.85 Å². The number of alkyl halides is 1. The SMILES string of the molecule is CC1C[C@@](F)(COP(=O)(O)OP(=O)(O)OP(=O)(O)O)OC1N/C=C\C(=N)N. The fourth-order valence-electron chi connectivity index (χ4n) is 1.98. The maximum absolute atomic E-state index is 14.6. The molecule has 5 atom stereocenters. The minimum absolute atomic E-state index is 0.271. The molecule has 1 rings (SSSR count). The van der Waals surface area contributed by atoms with Crippen LogP contribution in [0.5, 0.6) is 0 Å². The first-order chi connectivity index (χ1) is 12.0.